The van der Waals surface area contributed by atoms with Gasteiger partial charge in [0.2, 0.25) is 0 Å². The van der Waals surface area contributed by atoms with Crippen LogP contribution in [0.3, 0.4) is 0 Å². The van der Waals surface area contributed by atoms with E-state index in [2.05, 4.69) is 27.9 Å². The average molecular weight is 445 g/mol. The first-order valence-electron chi connectivity index (χ1n) is 7.80. The van der Waals surface area contributed by atoms with Crippen molar-refractivity contribution in [2.45, 2.75) is 12.5 Å². The molecule has 3 aromatic rings. The summed E-state index contributed by atoms with van der Waals surface area (Å²) < 4.78 is 1.08. The van der Waals surface area contributed by atoms with E-state index in [9.17, 15) is 14.7 Å². The zero-order chi connectivity index (χ0) is 17.8. The molecule has 0 unspecified atom stereocenters. The molecule has 0 aliphatic carbocycles. The van der Waals surface area contributed by atoms with Gasteiger partial charge < -0.3 is 10.4 Å². The Bertz CT molecular complexity index is 922. The summed E-state index contributed by atoms with van der Waals surface area (Å²) in [6.07, 6.45) is 0.242. The van der Waals surface area contributed by atoms with Crippen LogP contribution < -0.4 is 5.32 Å². The van der Waals surface area contributed by atoms with E-state index in [1.165, 1.54) is 0 Å². The molecule has 1 amide bonds. The maximum absolute atomic E-state index is 12.5. The van der Waals surface area contributed by atoms with Gasteiger partial charge in [-0.3, -0.25) is 4.79 Å². The van der Waals surface area contributed by atoms with Crippen molar-refractivity contribution < 1.29 is 14.7 Å². The number of halogens is 1. The van der Waals surface area contributed by atoms with E-state index in [1.54, 1.807) is 12.1 Å². The number of amides is 1. The Morgan fingerprint density at radius 1 is 0.960 bits per heavy atom. The fraction of sp³-hybridized carbons (Fsp3) is 0.100. The summed E-state index contributed by atoms with van der Waals surface area (Å²) in [5, 5.41) is 14.0. The molecule has 0 aliphatic heterocycles. The molecule has 0 bridgehead atoms. The molecule has 0 saturated carbocycles. The second-order valence-electron chi connectivity index (χ2n) is 5.76. The van der Waals surface area contributed by atoms with Gasteiger partial charge in [-0.2, -0.15) is 0 Å². The van der Waals surface area contributed by atoms with Crippen LogP contribution in [-0.2, 0) is 11.2 Å². The summed E-state index contributed by atoms with van der Waals surface area (Å²) in [6.45, 7) is 0. The van der Waals surface area contributed by atoms with Crippen molar-refractivity contribution >= 4 is 45.2 Å². The zero-order valence-corrected chi connectivity index (χ0v) is 15.4. The lowest BCUT2D eigenvalue weighted by atomic mass is 10.0. The van der Waals surface area contributed by atoms with Gasteiger partial charge in [0.15, 0.2) is 0 Å². The number of aliphatic carboxylic acids is 1. The van der Waals surface area contributed by atoms with Gasteiger partial charge in [-0.15, -0.1) is 0 Å². The molecule has 0 spiro atoms. The molecule has 0 fully saturated rings. The number of benzene rings is 3. The monoisotopic (exact) mass is 445 g/mol. The highest BCUT2D eigenvalue weighted by molar-refractivity contribution is 14.1. The summed E-state index contributed by atoms with van der Waals surface area (Å²) in [6, 6.07) is 19.7. The summed E-state index contributed by atoms with van der Waals surface area (Å²) in [4.78, 5) is 24.0. The molecular formula is C20H16INO3. The van der Waals surface area contributed by atoms with Crippen molar-refractivity contribution in [3.8, 4) is 0 Å². The fourth-order valence-electron chi connectivity index (χ4n) is 2.63. The second kappa shape index (κ2) is 7.65. The van der Waals surface area contributed by atoms with Crippen molar-refractivity contribution in [2.24, 2.45) is 0 Å². The molecule has 0 aromatic heterocycles. The van der Waals surface area contributed by atoms with Gasteiger partial charge in [0.1, 0.15) is 6.04 Å². The fourth-order valence-corrected chi connectivity index (χ4v) is 2.99. The summed E-state index contributed by atoms with van der Waals surface area (Å²) in [5.41, 5.74) is 1.32. The van der Waals surface area contributed by atoms with Crippen molar-refractivity contribution in [2.75, 3.05) is 0 Å². The van der Waals surface area contributed by atoms with Crippen molar-refractivity contribution in [3.05, 3.63) is 81.4 Å². The topological polar surface area (TPSA) is 66.4 Å². The number of carboxylic acid groups (broad SMARTS) is 1. The number of carbonyl (C=O) groups excluding carboxylic acids is 1. The third-order valence-electron chi connectivity index (χ3n) is 3.97. The van der Waals surface area contributed by atoms with Crippen LogP contribution in [0.4, 0.5) is 0 Å². The molecule has 0 aliphatic rings. The van der Waals surface area contributed by atoms with E-state index in [4.69, 9.17) is 0 Å². The van der Waals surface area contributed by atoms with Crippen LogP contribution in [0.1, 0.15) is 15.9 Å². The lowest BCUT2D eigenvalue weighted by Gasteiger charge is -2.15. The Morgan fingerprint density at radius 2 is 1.64 bits per heavy atom. The maximum Gasteiger partial charge on any atom is 0.326 e. The van der Waals surface area contributed by atoms with Crippen LogP contribution in [0, 0.1) is 3.57 Å². The van der Waals surface area contributed by atoms with Crippen molar-refractivity contribution in [3.63, 3.8) is 0 Å². The Labute approximate surface area is 159 Å². The second-order valence-corrected chi connectivity index (χ2v) is 7.00. The van der Waals surface area contributed by atoms with Crippen LogP contribution in [0.25, 0.3) is 10.8 Å². The van der Waals surface area contributed by atoms with E-state index in [0.29, 0.717) is 5.56 Å². The third kappa shape index (κ3) is 4.36. The minimum absolute atomic E-state index is 0.242. The molecule has 0 saturated heterocycles. The minimum Gasteiger partial charge on any atom is -0.480 e. The number of fused-ring (bicyclic) bond motifs is 1. The van der Waals surface area contributed by atoms with Gasteiger partial charge >= 0.3 is 5.97 Å². The number of hydrogen-bond donors (Lipinski definition) is 2. The molecule has 5 heteroatoms. The predicted octanol–water partition coefficient (Wildman–Crippen LogP) is 3.87. The van der Waals surface area contributed by atoms with E-state index in [-0.39, 0.29) is 12.3 Å². The Balaban J connectivity index is 1.77. The molecule has 25 heavy (non-hydrogen) atoms. The number of hydrogen-bond acceptors (Lipinski definition) is 2. The van der Waals surface area contributed by atoms with Crippen LogP contribution in [-0.4, -0.2) is 23.0 Å². The quantitative estimate of drug-likeness (QED) is 0.587. The number of nitrogens with one attached hydrogen (secondary N) is 1. The van der Waals surface area contributed by atoms with E-state index < -0.39 is 12.0 Å². The summed E-state index contributed by atoms with van der Waals surface area (Å²) >= 11 is 2.19. The highest BCUT2D eigenvalue weighted by Crippen LogP contribution is 2.16. The Morgan fingerprint density at radius 3 is 2.32 bits per heavy atom. The highest BCUT2D eigenvalue weighted by Gasteiger charge is 2.21. The maximum atomic E-state index is 12.5. The van der Waals surface area contributed by atoms with Crippen LogP contribution in [0.5, 0.6) is 0 Å². The first kappa shape index (κ1) is 17.4. The van der Waals surface area contributed by atoms with Crippen LogP contribution in [0.2, 0.25) is 0 Å². The first-order valence-corrected chi connectivity index (χ1v) is 8.88. The first-order chi connectivity index (χ1) is 12.0. The molecule has 0 heterocycles. The Hall–Kier alpha value is -2.41. The van der Waals surface area contributed by atoms with Gasteiger partial charge in [0.25, 0.3) is 5.91 Å². The number of carbonyl (C=O) groups is 2. The molecule has 4 nitrogen and oxygen atoms in total. The molecular weight excluding hydrogens is 429 g/mol. The molecule has 3 rings (SSSR count). The lowest BCUT2D eigenvalue weighted by molar-refractivity contribution is -0.139. The number of rotatable bonds is 5. The smallest absolute Gasteiger partial charge is 0.326 e. The predicted molar refractivity (Wildman–Crippen MR) is 106 cm³/mol. The van der Waals surface area contributed by atoms with Gasteiger partial charge in [0, 0.05) is 15.6 Å². The summed E-state index contributed by atoms with van der Waals surface area (Å²) in [7, 11) is 0. The van der Waals surface area contributed by atoms with Crippen molar-refractivity contribution in [1.29, 1.82) is 0 Å². The average Bonchev–Trinajstić information content (AvgIpc) is 2.62. The summed E-state index contributed by atoms with van der Waals surface area (Å²) in [5.74, 6) is -1.43. The van der Waals surface area contributed by atoms with Gasteiger partial charge in [0.05, 0.1) is 0 Å². The van der Waals surface area contributed by atoms with E-state index in [0.717, 1.165) is 19.9 Å². The molecule has 1 atom stereocenters. The SMILES string of the molecule is O=C(N[C@H](Cc1ccc(I)cc1)C(=O)O)c1ccc2ccccc2c1. The van der Waals surface area contributed by atoms with Gasteiger partial charge in [-0.05, 0) is 63.2 Å². The highest BCUT2D eigenvalue weighted by atomic mass is 127. The lowest BCUT2D eigenvalue weighted by Crippen LogP contribution is -2.42. The minimum atomic E-state index is -1.05. The zero-order valence-electron chi connectivity index (χ0n) is 13.3. The molecule has 0 radical (unpaired) electrons. The van der Waals surface area contributed by atoms with Gasteiger partial charge in [-0.25, -0.2) is 4.79 Å². The molecule has 126 valence electrons. The normalized spacial score (nSPS) is 11.9. The van der Waals surface area contributed by atoms with E-state index >= 15 is 0 Å². The third-order valence-corrected chi connectivity index (χ3v) is 4.69. The van der Waals surface area contributed by atoms with Crippen molar-refractivity contribution in [1.82, 2.24) is 5.32 Å². The van der Waals surface area contributed by atoms with E-state index in [1.807, 2.05) is 54.6 Å². The largest absolute Gasteiger partial charge is 0.480 e. The van der Waals surface area contributed by atoms with Gasteiger partial charge in [-0.1, -0.05) is 42.5 Å². The number of carboxylic acids is 1. The molecule has 2 N–H and O–H groups in total. The molecule has 3 aromatic carbocycles. The van der Waals surface area contributed by atoms with Crippen LogP contribution >= 0.6 is 22.6 Å². The van der Waals surface area contributed by atoms with Crippen LogP contribution in [0.15, 0.2) is 66.7 Å². The Kier molecular flexibility index (Phi) is 5.33. The standard InChI is InChI=1S/C20H16INO3/c21-17-9-5-13(6-10-17)11-18(20(24)25)22-19(23)16-8-7-14-3-1-2-4-15(14)12-16/h1-10,12,18H,11H2,(H,22,23)(H,24,25)/t18-/m1/s1.